The molecular formula is C35H43N5O5S. The standard InChI is InChI=1S/C35H43N5O5S/c1-2-3-4-5-6-13-18-46-35-36-21-29(38-35)19-30-22-40(26-37-30)23-32(41)39-31(34(43)45-25-28-16-11-8-12-17-28)20-33(42)44-24-27-14-9-7-10-15-27/h7-12,14-17,21-22,26,31H,2-6,13,18-20,23-25H2,1H3,(H,36,38)(H,39,41)/t31-/m0/s1. The van der Waals surface area contributed by atoms with Crippen LogP contribution in [0.2, 0.25) is 0 Å². The van der Waals surface area contributed by atoms with Crippen molar-refractivity contribution >= 4 is 29.6 Å². The largest absolute Gasteiger partial charge is 0.461 e. The fourth-order valence-electron chi connectivity index (χ4n) is 4.72. The topological polar surface area (TPSA) is 128 Å². The Hall–Kier alpha value is -4.38. The van der Waals surface area contributed by atoms with E-state index in [1.54, 1.807) is 28.9 Å². The number of esters is 2. The van der Waals surface area contributed by atoms with Gasteiger partial charge in [-0.05, 0) is 17.5 Å². The third-order valence-corrected chi connectivity index (χ3v) is 8.16. The Morgan fingerprint density at radius 2 is 1.57 bits per heavy atom. The average Bonchev–Trinajstić information content (AvgIpc) is 3.71. The third-order valence-electron chi connectivity index (χ3n) is 7.18. The van der Waals surface area contributed by atoms with Gasteiger partial charge in [-0.2, -0.15) is 0 Å². The zero-order valence-electron chi connectivity index (χ0n) is 26.4. The average molecular weight is 646 g/mol. The van der Waals surface area contributed by atoms with Gasteiger partial charge in [0.25, 0.3) is 0 Å². The van der Waals surface area contributed by atoms with Gasteiger partial charge >= 0.3 is 11.9 Å². The molecule has 0 radical (unpaired) electrons. The molecule has 0 aliphatic heterocycles. The van der Waals surface area contributed by atoms with E-state index in [0.29, 0.717) is 6.42 Å². The number of nitrogens with zero attached hydrogens (tertiary/aromatic N) is 3. The zero-order chi connectivity index (χ0) is 32.4. The Balaban J connectivity index is 1.26. The summed E-state index contributed by atoms with van der Waals surface area (Å²) >= 11 is 1.73. The summed E-state index contributed by atoms with van der Waals surface area (Å²) in [5, 5.41) is 3.55. The van der Waals surface area contributed by atoms with Crippen LogP contribution in [-0.4, -0.2) is 49.2 Å². The van der Waals surface area contributed by atoms with E-state index in [2.05, 4.69) is 27.2 Å². The molecule has 0 aliphatic rings. The van der Waals surface area contributed by atoms with Crippen LogP contribution in [-0.2, 0) is 50.0 Å². The molecule has 11 heteroatoms. The van der Waals surface area contributed by atoms with Gasteiger partial charge in [0.1, 0.15) is 25.8 Å². The molecule has 0 saturated carbocycles. The van der Waals surface area contributed by atoms with Crippen LogP contribution in [0.5, 0.6) is 0 Å². The third kappa shape index (κ3) is 12.5. The molecule has 1 amide bonds. The minimum Gasteiger partial charge on any atom is -0.461 e. The highest BCUT2D eigenvalue weighted by Gasteiger charge is 2.26. The van der Waals surface area contributed by atoms with Crippen LogP contribution >= 0.6 is 11.8 Å². The van der Waals surface area contributed by atoms with Crippen molar-refractivity contribution in [2.75, 3.05) is 5.75 Å². The van der Waals surface area contributed by atoms with Crippen LogP contribution in [0.15, 0.2) is 84.5 Å². The minimum absolute atomic E-state index is 0.0167. The maximum atomic E-state index is 13.0. The van der Waals surface area contributed by atoms with Gasteiger partial charge in [0.15, 0.2) is 5.16 Å². The van der Waals surface area contributed by atoms with Crippen LogP contribution < -0.4 is 5.32 Å². The number of amides is 1. The minimum atomic E-state index is -1.21. The predicted octanol–water partition coefficient (Wildman–Crippen LogP) is 6.01. The Bertz CT molecular complexity index is 1490. The van der Waals surface area contributed by atoms with E-state index in [1.807, 2.05) is 66.9 Å². The summed E-state index contributed by atoms with van der Waals surface area (Å²) in [5.74, 6) is -0.769. The van der Waals surface area contributed by atoms with Gasteiger partial charge in [0.2, 0.25) is 5.91 Å². The van der Waals surface area contributed by atoms with Crippen molar-refractivity contribution in [1.82, 2.24) is 24.8 Å². The van der Waals surface area contributed by atoms with Crippen LogP contribution in [0, 0.1) is 0 Å². The van der Waals surface area contributed by atoms with Crippen LogP contribution in [0.1, 0.15) is 74.4 Å². The number of H-pyrrole nitrogens is 1. The lowest BCUT2D eigenvalue weighted by Gasteiger charge is -2.17. The van der Waals surface area contributed by atoms with Crippen LogP contribution in [0.3, 0.4) is 0 Å². The molecule has 2 N–H and O–H groups in total. The SMILES string of the molecule is CCCCCCCCSc1ncc(Cc2cn(CC(=O)N[C@@H](CC(=O)OCc3ccccc3)C(=O)OCc3ccccc3)cn2)[nH]1. The molecule has 244 valence electrons. The van der Waals surface area contributed by atoms with Gasteiger partial charge in [-0.3, -0.25) is 9.59 Å². The van der Waals surface area contributed by atoms with E-state index in [-0.39, 0.29) is 26.2 Å². The van der Waals surface area contributed by atoms with Gasteiger partial charge in [-0.15, -0.1) is 0 Å². The Morgan fingerprint density at radius 3 is 2.28 bits per heavy atom. The van der Waals surface area contributed by atoms with Crippen LogP contribution in [0.4, 0.5) is 0 Å². The number of imidazole rings is 2. The number of ether oxygens (including phenoxy) is 2. The number of nitrogens with one attached hydrogen (secondary N) is 2. The first-order valence-electron chi connectivity index (χ1n) is 15.8. The normalized spacial score (nSPS) is 11.6. The van der Waals surface area contributed by atoms with Crippen molar-refractivity contribution < 1.29 is 23.9 Å². The molecule has 10 nitrogen and oxygen atoms in total. The molecule has 0 spiro atoms. The molecule has 1 atom stereocenters. The molecule has 0 fully saturated rings. The molecule has 0 bridgehead atoms. The number of unbranched alkanes of at least 4 members (excludes halogenated alkanes) is 5. The second-order valence-electron chi connectivity index (χ2n) is 11.1. The number of hydrogen-bond acceptors (Lipinski definition) is 8. The monoisotopic (exact) mass is 645 g/mol. The summed E-state index contributed by atoms with van der Waals surface area (Å²) in [4.78, 5) is 50.9. The zero-order valence-corrected chi connectivity index (χ0v) is 27.2. The molecule has 0 unspecified atom stereocenters. The lowest BCUT2D eigenvalue weighted by atomic mass is 10.1. The summed E-state index contributed by atoms with van der Waals surface area (Å²) in [6.07, 6.45) is 12.9. The van der Waals surface area contributed by atoms with E-state index in [0.717, 1.165) is 33.4 Å². The van der Waals surface area contributed by atoms with Crippen molar-refractivity contribution in [3.8, 4) is 0 Å². The summed E-state index contributed by atoms with van der Waals surface area (Å²) in [5.41, 5.74) is 3.32. The van der Waals surface area contributed by atoms with Crippen molar-refractivity contribution in [3.63, 3.8) is 0 Å². The number of carbonyl (C=O) groups excluding carboxylic acids is 3. The van der Waals surface area contributed by atoms with Gasteiger partial charge in [-0.25, -0.2) is 14.8 Å². The molecular weight excluding hydrogens is 602 g/mol. The Kier molecular flexibility index (Phi) is 14.4. The molecule has 4 aromatic rings. The Morgan fingerprint density at radius 1 is 0.891 bits per heavy atom. The number of rotatable bonds is 20. The highest BCUT2D eigenvalue weighted by Crippen LogP contribution is 2.18. The molecule has 2 heterocycles. The second-order valence-corrected chi connectivity index (χ2v) is 12.2. The summed E-state index contributed by atoms with van der Waals surface area (Å²) in [6.45, 7) is 2.22. The molecule has 0 aliphatic carbocycles. The van der Waals surface area contributed by atoms with Crippen molar-refractivity contribution in [3.05, 3.63) is 102 Å². The van der Waals surface area contributed by atoms with Gasteiger partial charge in [-0.1, -0.05) is 111 Å². The predicted molar refractivity (Wildman–Crippen MR) is 177 cm³/mol. The van der Waals surface area contributed by atoms with E-state index in [1.165, 1.54) is 38.5 Å². The van der Waals surface area contributed by atoms with E-state index in [4.69, 9.17) is 9.47 Å². The number of hydrogen-bond donors (Lipinski definition) is 2. The van der Waals surface area contributed by atoms with Crippen LogP contribution in [0.25, 0.3) is 0 Å². The summed E-state index contributed by atoms with van der Waals surface area (Å²) in [7, 11) is 0. The molecule has 2 aromatic carbocycles. The number of aromatic nitrogens is 4. The first-order chi connectivity index (χ1) is 22.5. The fraction of sp³-hybridized carbons (Fsp3) is 0.400. The maximum absolute atomic E-state index is 13.0. The molecule has 46 heavy (non-hydrogen) atoms. The van der Waals surface area contributed by atoms with E-state index < -0.39 is 23.9 Å². The lowest BCUT2D eigenvalue weighted by Crippen LogP contribution is -2.44. The first kappa shape index (κ1) is 34.5. The summed E-state index contributed by atoms with van der Waals surface area (Å²) in [6, 6.07) is 17.2. The number of carbonyl (C=O) groups is 3. The molecule has 4 rings (SSSR count). The first-order valence-corrected chi connectivity index (χ1v) is 16.8. The maximum Gasteiger partial charge on any atom is 0.329 e. The molecule has 2 aromatic heterocycles. The quantitative estimate of drug-likeness (QED) is 0.0680. The van der Waals surface area contributed by atoms with Gasteiger partial charge in [0.05, 0.1) is 18.4 Å². The van der Waals surface area contributed by atoms with Crippen molar-refractivity contribution in [1.29, 1.82) is 0 Å². The number of benzene rings is 2. The summed E-state index contributed by atoms with van der Waals surface area (Å²) < 4.78 is 12.4. The lowest BCUT2D eigenvalue weighted by molar-refractivity contribution is -0.155. The van der Waals surface area contributed by atoms with Gasteiger partial charge < -0.3 is 24.3 Å². The second kappa shape index (κ2) is 19.2. The van der Waals surface area contributed by atoms with Crippen molar-refractivity contribution in [2.24, 2.45) is 0 Å². The highest BCUT2D eigenvalue weighted by atomic mass is 32.2. The number of aromatic amines is 1. The number of thioether (sulfide) groups is 1. The molecule has 0 saturated heterocycles. The van der Waals surface area contributed by atoms with Gasteiger partial charge in [0, 0.05) is 30.3 Å². The fourth-order valence-corrected chi connectivity index (χ4v) is 5.60. The van der Waals surface area contributed by atoms with Crippen molar-refractivity contribution in [2.45, 2.75) is 89.2 Å². The highest BCUT2D eigenvalue weighted by molar-refractivity contribution is 7.99. The Labute approximate surface area is 274 Å². The van der Waals surface area contributed by atoms with E-state index in [9.17, 15) is 14.4 Å². The smallest absolute Gasteiger partial charge is 0.329 e. The van der Waals surface area contributed by atoms with E-state index >= 15 is 0 Å².